The second-order valence-electron chi connectivity index (χ2n) is 8.25. The lowest BCUT2D eigenvalue weighted by Gasteiger charge is -2.52. The summed E-state index contributed by atoms with van der Waals surface area (Å²) < 4.78 is 16.5. The lowest BCUT2D eigenvalue weighted by atomic mass is 9.72. The molecule has 2 aromatic rings. The molecule has 4 rings (SSSR count). The van der Waals surface area contributed by atoms with Crippen molar-refractivity contribution >= 4 is 0 Å². The van der Waals surface area contributed by atoms with E-state index in [0.29, 0.717) is 29.3 Å². The molecule has 156 valence electrons. The van der Waals surface area contributed by atoms with Crippen LogP contribution in [0.1, 0.15) is 43.2 Å². The molecule has 2 bridgehead atoms. The summed E-state index contributed by atoms with van der Waals surface area (Å²) in [5.41, 5.74) is 1.29. The third kappa shape index (κ3) is 3.81. The van der Waals surface area contributed by atoms with Crippen molar-refractivity contribution in [2.45, 2.75) is 56.3 Å². The molecule has 2 aliphatic heterocycles. The molecule has 0 aromatic heterocycles. The van der Waals surface area contributed by atoms with E-state index in [1.807, 2.05) is 12.1 Å². The largest absolute Gasteiger partial charge is 0.493 e. The number of fused-ring (bicyclic) bond motifs is 2. The van der Waals surface area contributed by atoms with E-state index in [1.165, 1.54) is 12.0 Å². The third-order valence-corrected chi connectivity index (χ3v) is 6.57. The van der Waals surface area contributed by atoms with Gasteiger partial charge in [0.2, 0.25) is 5.75 Å². The summed E-state index contributed by atoms with van der Waals surface area (Å²) in [5.74, 6) is 1.74. The van der Waals surface area contributed by atoms with Gasteiger partial charge in [-0.15, -0.1) is 0 Å². The summed E-state index contributed by atoms with van der Waals surface area (Å²) >= 11 is 0. The minimum absolute atomic E-state index is 0.367. The number of hydrogen-bond acceptors (Lipinski definition) is 5. The summed E-state index contributed by atoms with van der Waals surface area (Å²) in [6, 6.07) is 15.2. The van der Waals surface area contributed by atoms with E-state index in [9.17, 15) is 5.11 Å². The fourth-order valence-corrected chi connectivity index (χ4v) is 5.16. The van der Waals surface area contributed by atoms with E-state index in [0.717, 1.165) is 37.8 Å². The van der Waals surface area contributed by atoms with Crippen molar-refractivity contribution in [2.75, 3.05) is 21.3 Å². The Hall–Kier alpha value is -2.24. The van der Waals surface area contributed by atoms with Crippen molar-refractivity contribution in [2.24, 2.45) is 0 Å². The van der Waals surface area contributed by atoms with Crippen molar-refractivity contribution in [3.63, 3.8) is 0 Å². The van der Waals surface area contributed by atoms with E-state index in [1.54, 1.807) is 21.3 Å². The maximum atomic E-state index is 11.8. The monoisotopic (exact) mass is 397 g/mol. The molecule has 5 heteroatoms. The molecular formula is C24H31NO4. The summed E-state index contributed by atoms with van der Waals surface area (Å²) in [6.07, 6.45) is 4.90. The normalized spacial score (nSPS) is 26.8. The number of hydrogen-bond donors (Lipinski definition) is 1. The molecule has 2 unspecified atom stereocenters. The van der Waals surface area contributed by atoms with Gasteiger partial charge < -0.3 is 19.3 Å². The van der Waals surface area contributed by atoms with Crippen LogP contribution in [0.5, 0.6) is 17.2 Å². The number of benzene rings is 2. The van der Waals surface area contributed by atoms with E-state index >= 15 is 0 Å². The molecule has 0 saturated carbocycles. The molecule has 0 radical (unpaired) electrons. The second kappa shape index (κ2) is 8.25. The summed E-state index contributed by atoms with van der Waals surface area (Å²) in [5, 5.41) is 11.8. The Kier molecular flexibility index (Phi) is 5.70. The maximum absolute atomic E-state index is 11.8. The fourth-order valence-electron chi connectivity index (χ4n) is 5.16. The second-order valence-corrected chi connectivity index (χ2v) is 8.25. The van der Waals surface area contributed by atoms with Gasteiger partial charge in [0.25, 0.3) is 0 Å². The number of rotatable bonds is 6. The van der Waals surface area contributed by atoms with Crippen LogP contribution >= 0.6 is 0 Å². The highest BCUT2D eigenvalue weighted by molar-refractivity contribution is 5.55. The molecule has 2 saturated heterocycles. The molecule has 2 aromatic carbocycles. The number of ether oxygens (including phenoxy) is 3. The minimum atomic E-state index is -0.893. The van der Waals surface area contributed by atoms with E-state index < -0.39 is 5.60 Å². The number of aliphatic hydroxyl groups is 1. The topological polar surface area (TPSA) is 51.2 Å². The van der Waals surface area contributed by atoms with Crippen molar-refractivity contribution in [3.8, 4) is 17.2 Å². The first kappa shape index (κ1) is 20.0. The Morgan fingerprint density at radius 2 is 1.52 bits per heavy atom. The SMILES string of the molecule is COc1cc(C2(O)CC3CCCC(C2)N3Cc2ccccc2)cc(OC)c1OC. The van der Waals surface area contributed by atoms with Gasteiger partial charge >= 0.3 is 0 Å². The van der Waals surface area contributed by atoms with Crippen molar-refractivity contribution in [3.05, 3.63) is 53.6 Å². The van der Waals surface area contributed by atoms with Crippen molar-refractivity contribution in [1.82, 2.24) is 4.90 Å². The van der Waals surface area contributed by atoms with Gasteiger partial charge in [-0.3, -0.25) is 4.90 Å². The van der Waals surface area contributed by atoms with Gasteiger partial charge in [-0.2, -0.15) is 0 Å². The van der Waals surface area contributed by atoms with E-state index in [-0.39, 0.29) is 0 Å². The Labute approximate surface area is 173 Å². The summed E-state index contributed by atoms with van der Waals surface area (Å²) in [6.45, 7) is 0.946. The van der Waals surface area contributed by atoms with Crippen LogP contribution in [0, 0.1) is 0 Å². The average molecular weight is 398 g/mol. The molecule has 2 atom stereocenters. The molecule has 2 fully saturated rings. The maximum Gasteiger partial charge on any atom is 0.203 e. The van der Waals surface area contributed by atoms with Crippen LogP contribution in [0.25, 0.3) is 0 Å². The molecule has 0 aliphatic carbocycles. The number of methoxy groups -OCH3 is 3. The average Bonchev–Trinajstić information content (AvgIpc) is 2.74. The highest BCUT2D eigenvalue weighted by atomic mass is 16.5. The van der Waals surface area contributed by atoms with Crippen LogP contribution in [0.3, 0.4) is 0 Å². The molecule has 29 heavy (non-hydrogen) atoms. The van der Waals surface area contributed by atoms with Crippen LogP contribution in [0.15, 0.2) is 42.5 Å². The zero-order valence-corrected chi connectivity index (χ0v) is 17.6. The minimum Gasteiger partial charge on any atom is -0.493 e. The highest BCUT2D eigenvalue weighted by Gasteiger charge is 2.46. The Morgan fingerprint density at radius 3 is 2.03 bits per heavy atom. The highest BCUT2D eigenvalue weighted by Crippen LogP contribution is 2.48. The van der Waals surface area contributed by atoms with Gasteiger partial charge in [-0.05, 0) is 48.9 Å². The lowest BCUT2D eigenvalue weighted by molar-refractivity contribution is -0.100. The molecule has 1 N–H and O–H groups in total. The quantitative estimate of drug-likeness (QED) is 0.795. The standard InChI is InChI=1S/C24H31NO4/c1-27-21-12-18(13-22(28-2)23(21)29-3)24(26)14-19-10-7-11-20(15-24)25(19)16-17-8-5-4-6-9-17/h4-6,8-9,12-13,19-20,26H,7,10-11,14-16H2,1-3H3. The third-order valence-electron chi connectivity index (χ3n) is 6.57. The Balaban J connectivity index is 1.63. The predicted molar refractivity (Wildman–Crippen MR) is 113 cm³/mol. The molecule has 2 heterocycles. The van der Waals surface area contributed by atoms with Gasteiger partial charge in [0.05, 0.1) is 26.9 Å². The smallest absolute Gasteiger partial charge is 0.203 e. The predicted octanol–water partition coefficient (Wildman–Crippen LogP) is 4.12. The summed E-state index contributed by atoms with van der Waals surface area (Å²) in [7, 11) is 4.83. The molecule has 0 amide bonds. The molecule has 2 aliphatic rings. The Bertz CT molecular complexity index is 799. The first-order valence-electron chi connectivity index (χ1n) is 10.4. The van der Waals surface area contributed by atoms with Gasteiger partial charge in [-0.25, -0.2) is 0 Å². The van der Waals surface area contributed by atoms with Gasteiger partial charge in [0.1, 0.15) is 0 Å². The first-order chi connectivity index (χ1) is 14.1. The van der Waals surface area contributed by atoms with Crippen LogP contribution in [-0.4, -0.2) is 43.4 Å². The summed E-state index contributed by atoms with van der Waals surface area (Å²) in [4.78, 5) is 2.60. The fraction of sp³-hybridized carbons (Fsp3) is 0.500. The zero-order valence-electron chi connectivity index (χ0n) is 17.6. The number of piperidine rings is 2. The molecule has 0 spiro atoms. The first-order valence-corrected chi connectivity index (χ1v) is 10.4. The zero-order chi connectivity index (χ0) is 20.4. The van der Waals surface area contributed by atoms with Crippen LogP contribution in [-0.2, 0) is 12.1 Å². The van der Waals surface area contributed by atoms with Crippen molar-refractivity contribution in [1.29, 1.82) is 0 Å². The van der Waals surface area contributed by atoms with Gasteiger partial charge in [-0.1, -0.05) is 36.8 Å². The van der Waals surface area contributed by atoms with E-state index in [2.05, 4.69) is 35.2 Å². The molecule has 5 nitrogen and oxygen atoms in total. The van der Waals surface area contributed by atoms with Crippen LogP contribution in [0.2, 0.25) is 0 Å². The van der Waals surface area contributed by atoms with Crippen LogP contribution in [0.4, 0.5) is 0 Å². The lowest BCUT2D eigenvalue weighted by Crippen LogP contribution is -2.56. The van der Waals surface area contributed by atoms with Crippen LogP contribution < -0.4 is 14.2 Å². The van der Waals surface area contributed by atoms with Gasteiger partial charge in [0, 0.05) is 18.6 Å². The molecular weight excluding hydrogens is 366 g/mol. The van der Waals surface area contributed by atoms with Crippen molar-refractivity contribution < 1.29 is 19.3 Å². The number of nitrogens with zero attached hydrogens (tertiary/aromatic N) is 1. The Morgan fingerprint density at radius 1 is 0.931 bits per heavy atom. The van der Waals surface area contributed by atoms with E-state index in [4.69, 9.17) is 14.2 Å². The van der Waals surface area contributed by atoms with Gasteiger partial charge in [0.15, 0.2) is 11.5 Å².